The van der Waals surface area contributed by atoms with Crippen LogP contribution in [0, 0.1) is 0 Å². The molecule has 1 aromatic carbocycles. The van der Waals surface area contributed by atoms with Crippen molar-refractivity contribution in [3.8, 4) is 11.5 Å². The van der Waals surface area contributed by atoms with E-state index in [2.05, 4.69) is 16.8 Å². The molecule has 2 heterocycles. The number of amides is 1. The largest absolute Gasteiger partial charge is 0.493 e. The summed E-state index contributed by atoms with van der Waals surface area (Å²) in [6.45, 7) is 0.710. The maximum absolute atomic E-state index is 12.2. The van der Waals surface area contributed by atoms with Crippen LogP contribution in [0.25, 0.3) is 0 Å². The summed E-state index contributed by atoms with van der Waals surface area (Å²) < 4.78 is 10.6. The highest BCUT2D eigenvalue weighted by atomic mass is 32.2. The van der Waals surface area contributed by atoms with Crippen molar-refractivity contribution < 1.29 is 14.3 Å². The number of carbonyl (C=O) groups is 1. The molecule has 1 amide bonds. The summed E-state index contributed by atoms with van der Waals surface area (Å²) in [6.07, 6.45) is 0.799. The first-order chi connectivity index (χ1) is 11.2. The fraction of sp³-hybridized carbons (Fsp3) is 0.353. The Kier molecular flexibility index (Phi) is 5.13. The molecule has 0 bridgehead atoms. The molecule has 1 aromatic heterocycles. The van der Waals surface area contributed by atoms with E-state index in [1.807, 2.05) is 23.1 Å². The minimum Gasteiger partial charge on any atom is -0.493 e. The predicted molar refractivity (Wildman–Crippen MR) is 94.5 cm³/mol. The van der Waals surface area contributed by atoms with E-state index < -0.39 is 0 Å². The van der Waals surface area contributed by atoms with Crippen LogP contribution in [0.2, 0.25) is 0 Å². The normalized spacial score (nSPS) is 17.6. The molecule has 0 spiro atoms. The molecule has 1 unspecified atom stereocenters. The highest BCUT2D eigenvalue weighted by Crippen LogP contribution is 2.39. The third-order valence-electron chi connectivity index (χ3n) is 3.89. The van der Waals surface area contributed by atoms with Gasteiger partial charge >= 0.3 is 0 Å². The highest BCUT2D eigenvalue weighted by molar-refractivity contribution is 8.00. The number of methoxy groups -OCH3 is 2. The van der Waals surface area contributed by atoms with Gasteiger partial charge in [0.15, 0.2) is 11.5 Å². The van der Waals surface area contributed by atoms with E-state index in [1.165, 1.54) is 5.56 Å². The number of nitrogens with zero attached hydrogens (tertiary/aromatic N) is 1. The number of rotatable bonds is 6. The van der Waals surface area contributed by atoms with Gasteiger partial charge in [-0.15, -0.1) is 11.8 Å². The van der Waals surface area contributed by atoms with E-state index >= 15 is 0 Å². The Morgan fingerprint density at radius 3 is 2.74 bits per heavy atom. The molecule has 6 heteroatoms. The number of hydrogen-bond acceptors (Lipinski definition) is 5. The number of ether oxygens (including phenoxy) is 2. The van der Waals surface area contributed by atoms with Crippen molar-refractivity contribution in [1.29, 1.82) is 0 Å². The second-order valence-electron chi connectivity index (χ2n) is 5.25. The molecule has 2 aromatic rings. The minimum atomic E-state index is 0.147. The van der Waals surface area contributed by atoms with Gasteiger partial charge in [0, 0.05) is 6.54 Å². The predicted octanol–water partition coefficient (Wildman–Crippen LogP) is 3.58. The third-order valence-corrected chi connectivity index (χ3v) is 5.84. The molecule has 122 valence electrons. The monoisotopic (exact) mass is 349 g/mol. The van der Waals surface area contributed by atoms with Crippen LogP contribution in [0.1, 0.15) is 16.5 Å². The lowest BCUT2D eigenvalue weighted by Crippen LogP contribution is -2.30. The van der Waals surface area contributed by atoms with Gasteiger partial charge in [0.2, 0.25) is 5.91 Å². The quantitative estimate of drug-likeness (QED) is 0.799. The lowest BCUT2D eigenvalue weighted by molar-refractivity contribution is -0.128. The van der Waals surface area contributed by atoms with Gasteiger partial charge in [-0.05, 0) is 46.5 Å². The maximum Gasteiger partial charge on any atom is 0.233 e. The molecule has 1 atom stereocenters. The summed E-state index contributed by atoms with van der Waals surface area (Å²) in [5.74, 6) is 2.22. The Bertz CT molecular complexity index is 672. The molecule has 1 saturated heterocycles. The lowest BCUT2D eigenvalue weighted by Gasteiger charge is -2.23. The average molecular weight is 349 g/mol. The summed E-state index contributed by atoms with van der Waals surface area (Å²) in [7, 11) is 3.26. The molecule has 0 aliphatic carbocycles. The zero-order valence-corrected chi connectivity index (χ0v) is 14.8. The molecular formula is C17H19NO3S2. The van der Waals surface area contributed by atoms with Crippen molar-refractivity contribution in [1.82, 2.24) is 4.90 Å². The van der Waals surface area contributed by atoms with Crippen molar-refractivity contribution >= 4 is 29.0 Å². The van der Waals surface area contributed by atoms with Gasteiger partial charge in [-0.1, -0.05) is 6.07 Å². The number of thioether (sulfide) groups is 1. The van der Waals surface area contributed by atoms with Gasteiger partial charge < -0.3 is 14.4 Å². The van der Waals surface area contributed by atoms with Gasteiger partial charge in [0.25, 0.3) is 0 Å². The molecule has 1 aliphatic heterocycles. The van der Waals surface area contributed by atoms with Crippen LogP contribution < -0.4 is 9.47 Å². The topological polar surface area (TPSA) is 38.8 Å². The molecule has 1 fully saturated rings. The molecule has 3 rings (SSSR count). The Morgan fingerprint density at radius 1 is 1.22 bits per heavy atom. The fourth-order valence-corrected chi connectivity index (χ4v) is 4.65. The van der Waals surface area contributed by atoms with Crippen LogP contribution in [-0.2, 0) is 11.2 Å². The summed E-state index contributed by atoms with van der Waals surface area (Å²) in [5.41, 5.74) is 2.36. The molecule has 1 aliphatic rings. The van der Waals surface area contributed by atoms with Crippen molar-refractivity contribution in [2.24, 2.45) is 0 Å². The van der Waals surface area contributed by atoms with E-state index in [4.69, 9.17) is 9.47 Å². The smallest absolute Gasteiger partial charge is 0.233 e. The lowest BCUT2D eigenvalue weighted by atomic mass is 10.1. The molecule has 0 N–H and O–H groups in total. The molecule has 4 nitrogen and oxygen atoms in total. The number of hydrogen-bond donors (Lipinski definition) is 0. The molecular weight excluding hydrogens is 330 g/mol. The summed E-state index contributed by atoms with van der Waals surface area (Å²) in [4.78, 5) is 14.2. The van der Waals surface area contributed by atoms with Crippen molar-refractivity contribution in [2.75, 3.05) is 26.5 Å². The first kappa shape index (κ1) is 16.2. The van der Waals surface area contributed by atoms with Crippen LogP contribution in [-0.4, -0.2) is 37.3 Å². The molecule has 0 saturated carbocycles. The fourth-order valence-electron chi connectivity index (χ4n) is 2.67. The van der Waals surface area contributed by atoms with Crippen LogP contribution in [0.5, 0.6) is 11.5 Å². The zero-order chi connectivity index (χ0) is 16.2. The van der Waals surface area contributed by atoms with Gasteiger partial charge in [-0.3, -0.25) is 4.79 Å². The van der Waals surface area contributed by atoms with Gasteiger partial charge in [0.05, 0.1) is 20.0 Å². The van der Waals surface area contributed by atoms with Gasteiger partial charge in [0.1, 0.15) is 5.37 Å². The second-order valence-corrected chi connectivity index (χ2v) is 7.10. The average Bonchev–Trinajstić information content (AvgIpc) is 3.22. The Morgan fingerprint density at radius 2 is 2.04 bits per heavy atom. The zero-order valence-electron chi connectivity index (χ0n) is 13.2. The summed E-state index contributed by atoms with van der Waals surface area (Å²) in [5, 5.41) is 4.33. The third kappa shape index (κ3) is 3.48. The van der Waals surface area contributed by atoms with Gasteiger partial charge in [-0.2, -0.15) is 11.3 Å². The van der Waals surface area contributed by atoms with Crippen LogP contribution in [0.15, 0.2) is 35.0 Å². The minimum absolute atomic E-state index is 0.147. The Hall–Kier alpha value is -1.66. The van der Waals surface area contributed by atoms with Crippen molar-refractivity contribution in [3.05, 3.63) is 46.2 Å². The molecule has 0 radical (unpaired) electrons. The number of thiophene rings is 1. The van der Waals surface area contributed by atoms with Crippen molar-refractivity contribution in [2.45, 2.75) is 11.8 Å². The number of benzene rings is 1. The van der Waals surface area contributed by atoms with E-state index in [0.717, 1.165) is 23.5 Å². The van der Waals surface area contributed by atoms with Gasteiger partial charge in [-0.25, -0.2) is 0 Å². The van der Waals surface area contributed by atoms with E-state index in [9.17, 15) is 4.79 Å². The first-order valence-corrected chi connectivity index (χ1v) is 9.36. The SMILES string of the molecule is COc1ccc(CCN2C(=O)CSC2c2ccsc2)cc1OC. The summed E-state index contributed by atoms with van der Waals surface area (Å²) in [6, 6.07) is 8.01. The van der Waals surface area contributed by atoms with Crippen LogP contribution in [0.3, 0.4) is 0 Å². The number of carbonyl (C=O) groups excluding carboxylic acids is 1. The second kappa shape index (κ2) is 7.27. The van der Waals surface area contributed by atoms with E-state index in [-0.39, 0.29) is 11.3 Å². The Balaban J connectivity index is 1.70. The molecule has 23 heavy (non-hydrogen) atoms. The standard InChI is InChI=1S/C17H19NO3S2/c1-20-14-4-3-12(9-15(14)21-2)5-7-18-16(19)11-23-17(18)13-6-8-22-10-13/h3-4,6,8-10,17H,5,7,11H2,1-2H3. The van der Waals surface area contributed by atoms with E-state index in [0.29, 0.717) is 12.3 Å². The summed E-state index contributed by atoms with van der Waals surface area (Å²) >= 11 is 3.37. The first-order valence-electron chi connectivity index (χ1n) is 7.37. The Labute approximate surface area is 144 Å². The van der Waals surface area contributed by atoms with E-state index in [1.54, 1.807) is 37.3 Å². The van der Waals surface area contributed by atoms with Crippen molar-refractivity contribution in [3.63, 3.8) is 0 Å². The maximum atomic E-state index is 12.2. The van der Waals surface area contributed by atoms with Crippen LogP contribution >= 0.6 is 23.1 Å². The van der Waals surface area contributed by atoms with Crippen LogP contribution in [0.4, 0.5) is 0 Å². The highest BCUT2D eigenvalue weighted by Gasteiger charge is 2.32.